The van der Waals surface area contributed by atoms with Crippen molar-refractivity contribution in [2.75, 3.05) is 11.9 Å². The second-order valence-corrected chi connectivity index (χ2v) is 10.4. The predicted octanol–water partition coefficient (Wildman–Crippen LogP) is 7.03. The highest BCUT2D eigenvalue weighted by Gasteiger charge is 2.40. The Kier molecular flexibility index (Phi) is 6.63. The van der Waals surface area contributed by atoms with Crippen molar-refractivity contribution in [2.45, 2.75) is 40.3 Å². The number of benzene rings is 1. The summed E-state index contributed by atoms with van der Waals surface area (Å²) in [5.41, 5.74) is 3.68. The molecule has 0 spiro atoms. The minimum atomic E-state index is -0.217. The normalized spacial score (nSPS) is 19.6. The molecule has 2 aromatic heterocycles. The number of anilines is 1. The Bertz CT molecular complexity index is 1160. The molecule has 1 unspecified atom stereocenters. The van der Waals surface area contributed by atoms with Gasteiger partial charge < -0.3 is 4.90 Å². The zero-order chi connectivity index (χ0) is 22.8. The second-order valence-electron chi connectivity index (χ2n) is 8.27. The van der Waals surface area contributed by atoms with Gasteiger partial charge in [0.1, 0.15) is 6.17 Å². The van der Waals surface area contributed by atoms with E-state index < -0.39 is 0 Å². The lowest BCUT2D eigenvalue weighted by molar-refractivity contribution is -0.117. The molecule has 32 heavy (non-hydrogen) atoms. The molecule has 4 nitrogen and oxygen atoms in total. The third-order valence-corrected chi connectivity index (χ3v) is 7.32. The number of amides is 1. The highest BCUT2D eigenvalue weighted by atomic mass is 32.1. The van der Waals surface area contributed by atoms with Crippen molar-refractivity contribution in [1.82, 2.24) is 9.88 Å². The first kappa shape index (κ1) is 22.5. The molecule has 3 heterocycles. The van der Waals surface area contributed by atoms with Crippen molar-refractivity contribution < 1.29 is 4.79 Å². The first-order valence-corrected chi connectivity index (χ1v) is 12.7. The van der Waals surface area contributed by atoms with Gasteiger partial charge in [-0.25, -0.2) is 4.98 Å². The van der Waals surface area contributed by atoms with E-state index in [1.807, 2.05) is 42.2 Å². The van der Waals surface area contributed by atoms with Gasteiger partial charge in [-0.2, -0.15) is 0 Å². The number of hydrogen-bond acceptors (Lipinski definition) is 5. The molecule has 1 aliphatic rings. The van der Waals surface area contributed by atoms with Crippen LogP contribution in [0.1, 0.15) is 43.2 Å². The summed E-state index contributed by atoms with van der Waals surface area (Å²) < 4.78 is 0. The number of likely N-dealkylation sites (N-methyl/N-ethyl adjacent to an activating group) is 1. The average molecular weight is 464 g/mol. The minimum Gasteiger partial charge on any atom is -0.349 e. The fourth-order valence-electron chi connectivity index (χ4n) is 4.05. The van der Waals surface area contributed by atoms with Crippen LogP contribution < -0.4 is 4.90 Å². The summed E-state index contributed by atoms with van der Waals surface area (Å²) in [5, 5.41) is 3.16. The molecular formula is C26H29N3OS2. The Morgan fingerprint density at radius 3 is 2.53 bits per heavy atom. The van der Waals surface area contributed by atoms with Crippen molar-refractivity contribution in [3.63, 3.8) is 0 Å². The van der Waals surface area contributed by atoms with E-state index in [0.29, 0.717) is 0 Å². The van der Waals surface area contributed by atoms with Gasteiger partial charge in [-0.3, -0.25) is 9.69 Å². The van der Waals surface area contributed by atoms with Gasteiger partial charge in [0.05, 0.1) is 21.2 Å². The number of nitrogens with zero attached hydrogens (tertiary/aromatic N) is 3. The van der Waals surface area contributed by atoms with Crippen molar-refractivity contribution in [1.29, 1.82) is 0 Å². The largest absolute Gasteiger partial charge is 0.349 e. The number of allylic oxidation sites excluding steroid dienone is 2. The molecule has 1 amide bonds. The van der Waals surface area contributed by atoms with E-state index in [2.05, 4.69) is 67.4 Å². The number of para-hydroxylation sites is 1. The lowest BCUT2D eigenvalue weighted by Crippen LogP contribution is -2.49. The van der Waals surface area contributed by atoms with E-state index in [1.165, 1.54) is 0 Å². The summed E-state index contributed by atoms with van der Waals surface area (Å²) >= 11 is 3.37. The zero-order valence-corrected chi connectivity index (χ0v) is 20.8. The van der Waals surface area contributed by atoms with Gasteiger partial charge in [-0.1, -0.05) is 51.1 Å². The Morgan fingerprint density at radius 1 is 1.16 bits per heavy atom. The molecule has 1 fully saturated rings. The van der Waals surface area contributed by atoms with E-state index in [4.69, 9.17) is 0 Å². The van der Waals surface area contributed by atoms with Gasteiger partial charge in [-0.05, 0) is 43.5 Å². The van der Waals surface area contributed by atoms with Crippen LogP contribution in [-0.4, -0.2) is 22.8 Å². The lowest BCUT2D eigenvalue weighted by Gasteiger charge is -2.45. The Hall–Kier alpha value is -2.70. The molecule has 4 rings (SSSR count). The second kappa shape index (κ2) is 9.43. The van der Waals surface area contributed by atoms with Gasteiger partial charge in [0.25, 0.3) is 5.91 Å². The molecule has 166 valence electrons. The highest BCUT2D eigenvalue weighted by Crippen LogP contribution is 2.43. The van der Waals surface area contributed by atoms with Crippen LogP contribution in [0, 0.1) is 12.8 Å². The maximum absolute atomic E-state index is 13.9. The van der Waals surface area contributed by atoms with Gasteiger partial charge in [0, 0.05) is 28.7 Å². The molecule has 0 radical (unpaired) electrons. The monoisotopic (exact) mass is 463 g/mol. The summed E-state index contributed by atoms with van der Waals surface area (Å²) in [6, 6.07) is 14.2. The third kappa shape index (κ3) is 4.30. The van der Waals surface area contributed by atoms with Crippen LogP contribution in [0.5, 0.6) is 0 Å². The van der Waals surface area contributed by atoms with Crippen LogP contribution in [-0.2, 0) is 4.79 Å². The standard InChI is InChI=1S/C26H29N3OS2/c1-6-10-22-20(15-17(2)3)26(30)29(19-11-8-7-9-12-19)25(28(22)5)24-14-13-23(32-24)21-16-31-18(4)27-21/h7-17,25H,6H2,1-5H3/b20-15+,22-10+. The summed E-state index contributed by atoms with van der Waals surface area (Å²) in [7, 11) is 2.09. The van der Waals surface area contributed by atoms with E-state index in [9.17, 15) is 4.79 Å². The number of thiazole rings is 1. The van der Waals surface area contributed by atoms with E-state index >= 15 is 0 Å². The van der Waals surface area contributed by atoms with Crippen LogP contribution in [0.4, 0.5) is 5.69 Å². The first-order valence-electron chi connectivity index (χ1n) is 11.0. The molecular weight excluding hydrogens is 434 g/mol. The zero-order valence-electron chi connectivity index (χ0n) is 19.2. The minimum absolute atomic E-state index is 0.0483. The molecule has 3 aromatic rings. The van der Waals surface area contributed by atoms with E-state index in [1.54, 1.807) is 22.7 Å². The first-order chi connectivity index (χ1) is 15.4. The molecule has 0 aliphatic carbocycles. The number of rotatable bonds is 5. The molecule has 0 saturated carbocycles. The van der Waals surface area contributed by atoms with Gasteiger partial charge in [0.15, 0.2) is 0 Å². The van der Waals surface area contributed by atoms with Crippen molar-refractivity contribution >= 4 is 34.3 Å². The van der Waals surface area contributed by atoms with Gasteiger partial charge in [0.2, 0.25) is 0 Å². The molecule has 0 bridgehead atoms. The summed E-state index contributed by atoms with van der Waals surface area (Å²) in [6.07, 6.45) is 4.91. The summed E-state index contributed by atoms with van der Waals surface area (Å²) in [6.45, 7) is 8.37. The lowest BCUT2D eigenvalue weighted by atomic mass is 9.98. The van der Waals surface area contributed by atoms with Crippen molar-refractivity contribution in [3.05, 3.63) is 81.2 Å². The highest BCUT2D eigenvalue weighted by molar-refractivity contribution is 7.16. The van der Waals surface area contributed by atoms with E-state index in [-0.39, 0.29) is 18.0 Å². The van der Waals surface area contributed by atoms with Crippen LogP contribution >= 0.6 is 22.7 Å². The van der Waals surface area contributed by atoms with Gasteiger partial charge in [-0.15, -0.1) is 22.7 Å². The average Bonchev–Trinajstić information content (AvgIpc) is 3.42. The summed E-state index contributed by atoms with van der Waals surface area (Å²) in [5.74, 6) is 0.324. The molecule has 1 aromatic carbocycles. The van der Waals surface area contributed by atoms with E-state index in [0.717, 1.165) is 43.8 Å². The number of aromatic nitrogens is 1. The predicted molar refractivity (Wildman–Crippen MR) is 136 cm³/mol. The number of carbonyl (C=O) groups is 1. The number of thiophene rings is 1. The van der Waals surface area contributed by atoms with Crippen molar-refractivity contribution in [2.24, 2.45) is 5.92 Å². The fourth-order valence-corrected chi connectivity index (χ4v) is 5.85. The SMILES string of the molecule is CC/C=C1\C(=C/C(C)C)C(=O)N(c2ccccc2)C(c2ccc(-c3csc(C)n3)s2)N1C. The topological polar surface area (TPSA) is 36.4 Å². The van der Waals surface area contributed by atoms with Crippen LogP contribution in [0.3, 0.4) is 0 Å². The Balaban J connectivity index is 1.85. The quantitative estimate of drug-likeness (QED) is 0.381. The van der Waals surface area contributed by atoms with Crippen molar-refractivity contribution in [3.8, 4) is 10.6 Å². The summed E-state index contributed by atoms with van der Waals surface area (Å²) in [4.78, 5) is 25.0. The Morgan fingerprint density at radius 2 is 1.91 bits per heavy atom. The van der Waals surface area contributed by atoms with Crippen LogP contribution in [0.2, 0.25) is 0 Å². The van der Waals surface area contributed by atoms with Crippen LogP contribution in [0.25, 0.3) is 10.6 Å². The smallest absolute Gasteiger partial charge is 0.262 e. The molecule has 1 saturated heterocycles. The Labute approximate surface area is 198 Å². The maximum Gasteiger partial charge on any atom is 0.262 e. The molecule has 6 heteroatoms. The number of hydrogen-bond donors (Lipinski definition) is 0. The van der Waals surface area contributed by atoms with Crippen LogP contribution in [0.15, 0.2) is 71.3 Å². The number of carbonyl (C=O) groups excluding carboxylic acids is 1. The fraction of sp³-hybridized carbons (Fsp3) is 0.308. The number of aryl methyl sites for hydroxylation is 1. The maximum atomic E-state index is 13.9. The molecule has 0 N–H and O–H groups in total. The molecule has 1 aliphatic heterocycles. The molecule has 1 atom stereocenters. The van der Waals surface area contributed by atoms with Gasteiger partial charge >= 0.3 is 0 Å². The third-order valence-electron chi connectivity index (χ3n) is 5.40.